The molecule has 1 heterocycles. The average Bonchev–Trinajstić information content (AvgIpc) is 2.20. The molecular formula is C10H22Cl2N2O2Pt+2. The molecule has 0 aliphatic carbocycles. The molecule has 0 saturated carbocycles. The summed E-state index contributed by atoms with van der Waals surface area (Å²) in [5.41, 5.74) is 0. The summed E-state index contributed by atoms with van der Waals surface area (Å²) < 4.78 is 0. The quantitative estimate of drug-likeness (QED) is 0.640. The first-order chi connectivity index (χ1) is 7.99. The second-order valence-corrected chi connectivity index (χ2v) is 7.63. The molecule has 2 N–H and O–H groups in total. The minimum atomic E-state index is -0.472. The second-order valence-electron chi connectivity index (χ2n) is 4.34. The third kappa shape index (κ3) is 10.7. The van der Waals surface area contributed by atoms with Gasteiger partial charge in [-0.1, -0.05) is 0 Å². The number of nitrogens with zero attached hydrogens (tertiary/aromatic N) is 2. The Kier molecular flexibility index (Phi) is 11.7. The third-order valence-corrected chi connectivity index (χ3v) is 2.51. The molecule has 1 rings (SSSR count). The van der Waals surface area contributed by atoms with Crippen LogP contribution in [0.2, 0.25) is 0 Å². The van der Waals surface area contributed by atoms with Gasteiger partial charge in [0.2, 0.25) is 0 Å². The number of rotatable bonds is 4. The molecule has 0 aromatic heterocycles. The van der Waals surface area contributed by atoms with E-state index in [9.17, 15) is 10.2 Å². The van der Waals surface area contributed by atoms with Crippen LogP contribution in [-0.4, -0.2) is 71.5 Å². The monoisotopic (exact) mass is 467 g/mol. The van der Waals surface area contributed by atoms with E-state index in [1.54, 1.807) is 0 Å². The molecule has 1 aliphatic rings. The predicted molar refractivity (Wildman–Crippen MR) is 67.9 cm³/mol. The molecule has 0 bridgehead atoms. The Balaban J connectivity index is 0.000000770. The van der Waals surface area contributed by atoms with Gasteiger partial charge in [0.25, 0.3) is 0 Å². The molecule has 0 aromatic rings. The van der Waals surface area contributed by atoms with Gasteiger partial charge in [0.1, 0.15) is 0 Å². The Morgan fingerprint density at radius 2 is 1.18 bits per heavy atom. The van der Waals surface area contributed by atoms with Crippen molar-refractivity contribution >= 4 is 18.8 Å². The van der Waals surface area contributed by atoms with Crippen LogP contribution in [-0.2, 0) is 16.5 Å². The van der Waals surface area contributed by atoms with E-state index < -0.39 is 16.5 Å². The van der Waals surface area contributed by atoms with Crippen molar-refractivity contribution in [3.05, 3.63) is 0 Å². The summed E-state index contributed by atoms with van der Waals surface area (Å²) >= 11 is -0.472. The molecule has 0 aromatic carbocycles. The van der Waals surface area contributed by atoms with Crippen LogP contribution in [0.1, 0.15) is 13.8 Å². The van der Waals surface area contributed by atoms with E-state index in [0.29, 0.717) is 0 Å². The number of aliphatic hydroxyl groups excluding tert-OH is 2. The predicted octanol–water partition coefficient (Wildman–Crippen LogP) is 0.742. The third-order valence-electron chi connectivity index (χ3n) is 2.51. The Hall–Kier alpha value is 1.11. The molecule has 106 valence electrons. The van der Waals surface area contributed by atoms with Gasteiger partial charge in [-0.25, -0.2) is 0 Å². The van der Waals surface area contributed by atoms with Crippen molar-refractivity contribution in [2.45, 2.75) is 26.1 Å². The molecule has 2 unspecified atom stereocenters. The van der Waals surface area contributed by atoms with Gasteiger partial charge in [0, 0.05) is 39.3 Å². The minimum absolute atomic E-state index is 0.238. The molecule has 1 fully saturated rings. The summed E-state index contributed by atoms with van der Waals surface area (Å²) in [5, 5.41) is 18.4. The van der Waals surface area contributed by atoms with E-state index in [-0.39, 0.29) is 12.2 Å². The van der Waals surface area contributed by atoms with Gasteiger partial charge in [-0.3, -0.25) is 9.80 Å². The van der Waals surface area contributed by atoms with Gasteiger partial charge in [-0.15, -0.1) is 0 Å². The standard InChI is InChI=1S/C10H22N2O2.2ClH.Pt/c1-9(13)7-11-3-5-12(6-4-11)8-10(2)14;;;/h9-10,13-14H,3-8H2,1-2H3;2*1H;/q;;;+4/p-2. The SMILES string of the molecule is CC(O)CN1CCN(CC(C)O)CC1.[Cl][Pt+2][Cl]. The first-order valence-corrected chi connectivity index (χ1v) is 11.3. The van der Waals surface area contributed by atoms with Crippen LogP contribution < -0.4 is 0 Å². The fourth-order valence-electron chi connectivity index (χ4n) is 1.90. The summed E-state index contributed by atoms with van der Waals surface area (Å²) in [5.74, 6) is 0. The van der Waals surface area contributed by atoms with Crippen LogP contribution in [0, 0.1) is 0 Å². The second kappa shape index (κ2) is 11.0. The summed E-state index contributed by atoms with van der Waals surface area (Å²) in [6, 6.07) is 0. The van der Waals surface area contributed by atoms with E-state index in [4.69, 9.17) is 18.8 Å². The van der Waals surface area contributed by atoms with E-state index in [1.807, 2.05) is 13.8 Å². The summed E-state index contributed by atoms with van der Waals surface area (Å²) in [7, 11) is 9.75. The zero-order valence-corrected chi connectivity index (χ0v) is 14.0. The molecule has 0 spiro atoms. The molecule has 0 radical (unpaired) electrons. The Bertz CT molecular complexity index is 162. The van der Waals surface area contributed by atoms with Gasteiger partial charge in [0.05, 0.1) is 12.2 Å². The fourth-order valence-corrected chi connectivity index (χ4v) is 1.90. The van der Waals surface area contributed by atoms with E-state index in [2.05, 4.69) is 9.80 Å². The number of β-amino-alcohol motifs (C(OH)–C–C–N with tert-alkyl or cyclic N) is 2. The van der Waals surface area contributed by atoms with Crippen molar-refractivity contribution < 1.29 is 26.7 Å². The molecule has 0 amide bonds. The molecule has 1 saturated heterocycles. The van der Waals surface area contributed by atoms with Crippen LogP contribution in [0.4, 0.5) is 0 Å². The summed E-state index contributed by atoms with van der Waals surface area (Å²) in [4.78, 5) is 4.53. The normalized spacial score (nSPS) is 21.8. The van der Waals surface area contributed by atoms with Gasteiger partial charge in [0.15, 0.2) is 0 Å². The summed E-state index contributed by atoms with van der Waals surface area (Å²) in [6.07, 6.45) is -0.475. The van der Waals surface area contributed by atoms with Crippen molar-refractivity contribution in [1.29, 1.82) is 0 Å². The molecular weight excluding hydrogens is 446 g/mol. The number of halogens is 2. The average molecular weight is 468 g/mol. The van der Waals surface area contributed by atoms with Gasteiger partial charge >= 0.3 is 35.3 Å². The van der Waals surface area contributed by atoms with Crippen LogP contribution in [0.15, 0.2) is 0 Å². The zero-order chi connectivity index (χ0) is 13.3. The first kappa shape index (κ1) is 18.1. The van der Waals surface area contributed by atoms with E-state index in [1.165, 1.54) is 0 Å². The van der Waals surface area contributed by atoms with Crippen LogP contribution >= 0.6 is 18.8 Å². The van der Waals surface area contributed by atoms with E-state index >= 15 is 0 Å². The number of hydrogen-bond acceptors (Lipinski definition) is 4. The van der Waals surface area contributed by atoms with Crippen molar-refractivity contribution in [2.24, 2.45) is 0 Å². The van der Waals surface area contributed by atoms with Gasteiger partial charge < -0.3 is 10.2 Å². The van der Waals surface area contributed by atoms with E-state index in [0.717, 1.165) is 39.3 Å². The Morgan fingerprint density at radius 1 is 0.941 bits per heavy atom. The van der Waals surface area contributed by atoms with Crippen molar-refractivity contribution in [3.8, 4) is 0 Å². The van der Waals surface area contributed by atoms with Crippen molar-refractivity contribution in [2.75, 3.05) is 39.3 Å². The molecule has 1 aliphatic heterocycles. The van der Waals surface area contributed by atoms with Crippen LogP contribution in [0.25, 0.3) is 0 Å². The molecule has 17 heavy (non-hydrogen) atoms. The van der Waals surface area contributed by atoms with Crippen molar-refractivity contribution in [1.82, 2.24) is 9.80 Å². The van der Waals surface area contributed by atoms with Crippen LogP contribution in [0.5, 0.6) is 0 Å². The number of hydrogen-bond donors (Lipinski definition) is 2. The number of piperazine rings is 1. The molecule has 2 atom stereocenters. The number of aliphatic hydroxyl groups is 2. The van der Waals surface area contributed by atoms with Crippen molar-refractivity contribution in [3.63, 3.8) is 0 Å². The zero-order valence-electron chi connectivity index (χ0n) is 10.3. The van der Waals surface area contributed by atoms with Gasteiger partial charge in [-0.05, 0) is 13.8 Å². The topological polar surface area (TPSA) is 46.9 Å². The van der Waals surface area contributed by atoms with Gasteiger partial charge in [-0.2, -0.15) is 0 Å². The Morgan fingerprint density at radius 3 is 1.35 bits per heavy atom. The maximum atomic E-state index is 9.22. The molecule has 7 heteroatoms. The Labute approximate surface area is 120 Å². The molecule has 4 nitrogen and oxygen atoms in total. The maximum absolute atomic E-state index is 9.22. The van der Waals surface area contributed by atoms with Crippen LogP contribution in [0.3, 0.4) is 0 Å². The fraction of sp³-hybridized carbons (Fsp3) is 1.00. The summed E-state index contributed by atoms with van der Waals surface area (Å²) in [6.45, 7) is 9.17. The first-order valence-electron chi connectivity index (χ1n) is 5.62.